The van der Waals surface area contributed by atoms with Crippen LogP contribution in [0.1, 0.15) is 10.6 Å². The Morgan fingerprint density at radius 3 is 2.88 bits per heavy atom. The SMILES string of the molecule is O=c1[nH]c(NCCSCc2nccs2)ncc1OCc1ccccc1. The molecule has 1 aromatic carbocycles. The summed E-state index contributed by atoms with van der Waals surface area (Å²) in [5.74, 6) is 2.46. The Balaban J connectivity index is 1.42. The number of rotatable bonds is 9. The number of nitrogens with one attached hydrogen (secondary N) is 2. The smallest absolute Gasteiger partial charge is 0.294 e. The van der Waals surface area contributed by atoms with Gasteiger partial charge in [-0.15, -0.1) is 11.3 Å². The number of thioether (sulfide) groups is 1. The number of hydrogen-bond acceptors (Lipinski definition) is 7. The fourth-order valence-corrected chi connectivity index (χ4v) is 3.60. The summed E-state index contributed by atoms with van der Waals surface area (Å²) in [7, 11) is 0. The molecule has 25 heavy (non-hydrogen) atoms. The molecule has 2 aromatic heterocycles. The zero-order valence-corrected chi connectivity index (χ0v) is 15.1. The number of H-pyrrole nitrogens is 1. The first-order valence-electron chi connectivity index (χ1n) is 7.77. The van der Waals surface area contributed by atoms with Gasteiger partial charge in [-0.1, -0.05) is 30.3 Å². The zero-order chi connectivity index (χ0) is 17.3. The van der Waals surface area contributed by atoms with Crippen molar-refractivity contribution < 1.29 is 4.74 Å². The van der Waals surface area contributed by atoms with Crippen molar-refractivity contribution in [3.05, 3.63) is 69.0 Å². The molecule has 0 bridgehead atoms. The van der Waals surface area contributed by atoms with Gasteiger partial charge in [-0.3, -0.25) is 9.78 Å². The molecule has 6 nitrogen and oxygen atoms in total. The highest BCUT2D eigenvalue weighted by molar-refractivity contribution is 7.98. The second-order valence-corrected chi connectivity index (χ2v) is 7.19. The maximum atomic E-state index is 12.0. The number of anilines is 1. The van der Waals surface area contributed by atoms with Gasteiger partial charge in [-0.25, -0.2) is 9.97 Å². The first-order valence-corrected chi connectivity index (χ1v) is 9.81. The number of aromatic amines is 1. The minimum atomic E-state index is -0.288. The van der Waals surface area contributed by atoms with E-state index in [0.29, 0.717) is 19.1 Å². The Bertz CT molecular complexity index is 822. The molecule has 0 unspecified atom stereocenters. The lowest BCUT2D eigenvalue weighted by atomic mass is 10.2. The third-order valence-corrected chi connectivity index (χ3v) is 5.18. The van der Waals surface area contributed by atoms with Gasteiger partial charge in [0.2, 0.25) is 11.7 Å². The van der Waals surface area contributed by atoms with Crippen LogP contribution >= 0.6 is 23.1 Å². The van der Waals surface area contributed by atoms with E-state index >= 15 is 0 Å². The highest BCUT2D eigenvalue weighted by atomic mass is 32.2. The molecule has 0 fully saturated rings. The molecule has 0 spiro atoms. The van der Waals surface area contributed by atoms with E-state index in [1.807, 2.05) is 41.9 Å². The Labute approximate surface area is 153 Å². The molecule has 8 heteroatoms. The van der Waals surface area contributed by atoms with Crippen molar-refractivity contribution in [3.63, 3.8) is 0 Å². The maximum absolute atomic E-state index is 12.0. The largest absolute Gasteiger partial charge is 0.482 e. The third kappa shape index (κ3) is 5.61. The van der Waals surface area contributed by atoms with Gasteiger partial charge in [-0.05, 0) is 5.56 Å². The molecule has 3 aromatic rings. The van der Waals surface area contributed by atoms with Crippen molar-refractivity contribution in [2.75, 3.05) is 17.6 Å². The van der Waals surface area contributed by atoms with Crippen LogP contribution < -0.4 is 15.6 Å². The second-order valence-electron chi connectivity index (χ2n) is 5.10. The molecule has 0 aliphatic heterocycles. The lowest BCUT2D eigenvalue weighted by Gasteiger charge is -2.07. The van der Waals surface area contributed by atoms with Crippen molar-refractivity contribution in [1.82, 2.24) is 15.0 Å². The van der Waals surface area contributed by atoms with Crippen LogP contribution in [0.4, 0.5) is 5.95 Å². The van der Waals surface area contributed by atoms with Gasteiger partial charge in [0.1, 0.15) is 11.6 Å². The van der Waals surface area contributed by atoms with Crippen LogP contribution in [-0.2, 0) is 12.4 Å². The second kappa shape index (κ2) is 9.24. The summed E-state index contributed by atoms with van der Waals surface area (Å²) in [5, 5.41) is 6.20. The van der Waals surface area contributed by atoms with Gasteiger partial charge in [0.25, 0.3) is 5.56 Å². The third-order valence-electron chi connectivity index (χ3n) is 3.25. The number of aromatic nitrogens is 3. The highest BCUT2D eigenvalue weighted by Gasteiger charge is 2.04. The van der Waals surface area contributed by atoms with Crippen molar-refractivity contribution in [2.24, 2.45) is 0 Å². The fourth-order valence-electron chi connectivity index (χ4n) is 2.04. The summed E-state index contributed by atoms with van der Waals surface area (Å²) in [6.07, 6.45) is 3.27. The van der Waals surface area contributed by atoms with Gasteiger partial charge in [0.15, 0.2) is 0 Å². The van der Waals surface area contributed by atoms with Crippen LogP contribution in [0.25, 0.3) is 0 Å². The summed E-state index contributed by atoms with van der Waals surface area (Å²) in [4.78, 5) is 23.2. The van der Waals surface area contributed by atoms with Crippen molar-refractivity contribution >= 4 is 29.0 Å². The first kappa shape index (κ1) is 17.5. The standard InChI is InChI=1S/C17H18N4O2S2/c22-16-14(23-11-13-4-2-1-3-5-13)10-20-17(21-16)19-6-8-24-12-15-18-7-9-25-15/h1-5,7,9-10H,6,8,11-12H2,(H2,19,20,21,22). The number of benzene rings is 1. The molecule has 0 radical (unpaired) electrons. The summed E-state index contributed by atoms with van der Waals surface area (Å²) >= 11 is 3.44. The Morgan fingerprint density at radius 2 is 2.12 bits per heavy atom. The van der Waals surface area contributed by atoms with E-state index in [2.05, 4.69) is 20.3 Å². The van der Waals surface area contributed by atoms with Crippen LogP contribution in [0.5, 0.6) is 5.75 Å². The first-order chi connectivity index (χ1) is 12.3. The molecule has 0 aliphatic carbocycles. The number of hydrogen-bond donors (Lipinski definition) is 2. The maximum Gasteiger partial charge on any atom is 0.294 e. The lowest BCUT2D eigenvalue weighted by Crippen LogP contribution is -2.16. The molecule has 0 saturated carbocycles. The normalized spacial score (nSPS) is 10.6. The Morgan fingerprint density at radius 1 is 1.24 bits per heavy atom. The predicted molar refractivity (Wildman–Crippen MR) is 102 cm³/mol. The van der Waals surface area contributed by atoms with Crippen LogP contribution in [0.3, 0.4) is 0 Å². The van der Waals surface area contributed by atoms with Crippen molar-refractivity contribution in [1.29, 1.82) is 0 Å². The van der Waals surface area contributed by atoms with E-state index in [9.17, 15) is 4.79 Å². The molecule has 0 amide bonds. The Kier molecular flexibility index (Phi) is 6.47. The molecular weight excluding hydrogens is 356 g/mol. The summed E-state index contributed by atoms with van der Waals surface area (Å²) in [6.45, 7) is 1.05. The molecule has 3 rings (SSSR count). The molecule has 0 atom stereocenters. The highest BCUT2D eigenvalue weighted by Crippen LogP contribution is 2.14. The van der Waals surface area contributed by atoms with Gasteiger partial charge in [0.05, 0.1) is 6.20 Å². The van der Waals surface area contributed by atoms with Gasteiger partial charge >= 0.3 is 0 Å². The van der Waals surface area contributed by atoms with Crippen LogP contribution in [0.2, 0.25) is 0 Å². The minimum absolute atomic E-state index is 0.215. The topological polar surface area (TPSA) is 79.9 Å². The van der Waals surface area contributed by atoms with E-state index in [1.165, 1.54) is 6.20 Å². The molecule has 130 valence electrons. The molecule has 0 aliphatic rings. The quantitative estimate of drug-likeness (QED) is 0.560. The van der Waals surface area contributed by atoms with E-state index in [-0.39, 0.29) is 11.3 Å². The van der Waals surface area contributed by atoms with E-state index in [1.54, 1.807) is 23.1 Å². The molecule has 0 saturated heterocycles. The summed E-state index contributed by atoms with van der Waals surface area (Å²) < 4.78 is 5.52. The van der Waals surface area contributed by atoms with Gasteiger partial charge in [0, 0.05) is 29.6 Å². The van der Waals surface area contributed by atoms with Gasteiger partial charge in [-0.2, -0.15) is 11.8 Å². The van der Waals surface area contributed by atoms with Crippen molar-refractivity contribution in [3.8, 4) is 5.75 Å². The minimum Gasteiger partial charge on any atom is -0.482 e. The monoisotopic (exact) mass is 374 g/mol. The Hall–Kier alpha value is -2.32. The van der Waals surface area contributed by atoms with Crippen LogP contribution in [0, 0.1) is 0 Å². The zero-order valence-electron chi connectivity index (χ0n) is 13.5. The summed E-state index contributed by atoms with van der Waals surface area (Å²) in [6, 6.07) is 9.69. The molecule has 2 heterocycles. The average molecular weight is 374 g/mol. The molecule has 2 N–H and O–H groups in total. The van der Waals surface area contributed by atoms with E-state index < -0.39 is 0 Å². The number of thiazole rings is 1. The van der Waals surface area contributed by atoms with Crippen LogP contribution in [-0.4, -0.2) is 27.2 Å². The fraction of sp³-hybridized carbons (Fsp3) is 0.235. The lowest BCUT2D eigenvalue weighted by molar-refractivity contribution is 0.300. The molecular formula is C17H18N4O2S2. The van der Waals surface area contributed by atoms with Crippen LogP contribution in [0.15, 0.2) is 52.9 Å². The number of nitrogens with zero attached hydrogens (tertiary/aromatic N) is 2. The van der Waals surface area contributed by atoms with E-state index in [4.69, 9.17) is 4.74 Å². The van der Waals surface area contributed by atoms with Gasteiger partial charge < -0.3 is 10.1 Å². The number of ether oxygens (including phenoxy) is 1. The average Bonchev–Trinajstić information content (AvgIpc) is 3.15. The van der Waals surface area contributed by atoms with Crippen molar-refractivity contribution in [2.45, 2.75) is 12.4 Å². The van der Waals surface area contributed by atoms with E-state index in [0.717, 1.165) is 22.1 Å². The predicted octanol–water partition coefficient (Wildman–Crippen LogP) is 3.15. The summed E-state index contributed by atoms with van der Waals surface area (Å²) in [5.41, 5.74) is 0.713.